The highest BCUT2D eigenvalue weighted by atomic mass is 19.4. The quantitative estimate of drug-likeness (QED) is 0.700. The molecule has 0 aromatic carbocycles. The standard InChI is InChI=1S/C8H15F3N2/c9-8(10,11)7-3-1-2-6(13-7)4-5-12/h6-7,13H,1-5,12H2. The number of alkyl halides is 3. The van der Waals surface area contributed by atoms with Gasteiger partial charge in [0.25, 0.3) is 0 Å². The second kappa shape index (κ2) is 4.28. The fourth-order valence-corrected chi connectivity index (χ4v) is 1.71. The minimum atomic E-state index is -4.10. The van der Waals surface area contributed by atoms with Crippen LogP contribution in [0.5, 0.6) is 0 Å². The van der Waals surface area contributed by atoms with Crippen molar-refractivity contribution in [1.29, 1.82) is 0 Å². The summed E-state index contributed by atoms with van der Waals surface area (Å²) in [6.07, 6.45) is -1.82. The average Bonchev–Trinajstić information content (AvgIpc) is 2.04. The van der Waals surface area contributed by atoms with E-state index < -0.39 is 12.2 Å². The maximum absolute atomic E-state index is 12.3. The number of rotatable bonds is 2. The van der Waals surface area contributed by atoms with Crippen molar-refractivity contribution in [2.45, 2.75) is 43.9 Å². The van der Waals surface area contributed by atoms with Crippen molar-refractivity contribution in [2.24, 2.45) is 5.73 Å². The van der Waals surface area contributed by atoms with Crippen LogP contribution in [-0.2, 0) is 0 Å². The van der Waals surface area contributed by atoms with Crippen molar-refractivity contribution in [2.75, 3.05) is 6.54 Å². The molecule has 1 aliphatic rings. The maximum Gasteiger partial charge on any atom is 0.403 e. The zero-order valence-electron chi connectivity index (χ0n) is 7.40. The van der Waals surface area contributed by atoms with Crippen LogP contribution in [0.15, 0.2) is 0 Å². The van der Waals surface area contributed by atoms with E-state index in [1.807, 2.05) is 0 Å². The molecule has 78 valence electrons. The van der Waals surface area contributed by atoms with Crippen LogP contribution < -0.4 is 11.1 Å². The van der Waals surface area contributed by atoms with Crippen LogP contribution in [0.3, 0.4) is 0 Å². The Kier molecular flexibility index (Phi) is 3.55. The molecule has 0 radical (unpaired) electrons. The molecule has 1 fully saturated rings. The minimum absolute atomic E-state index is 0.0506. The van der Waals surface area contributed by atoms with E-state index in [-0.39, 0.29) is 12.5 Å². The molecule has 2 unspecified atom stereocenters. The SMILES string of the molecule is NCCC1CCCC(C(F)(F)F)N1. The molecule has 0 saturated carbocycles. The van der Waals surface area contributed by atoms with E-state index in [9.17, 15) is 13.2 Å². The van der Waals surface area contributed by atoms with Crippen LogP contribution >= 0.6 is 0 Å². The zero-order chi connectivity index (χ0) is 9.90. The minimum Gasteiger partial charge on any atom is -0.330 e. The lowest BCUT2D eigenvalue weighted by atomic mass is 9.96. The fourth-order valence-electron chi connectivity index (χ4n) is 1.71. The van der Waals surface area contributed by atoms with Crippen molar-refractivity contribution in [1.82, 2.24) is 5.32 Å². The van der Waals surface area contributed by atoms with Gasteiger partial charge in [-0.2, -0.15) is 13.2 Å². The van der Waals surface area contributed by atoms with Crippen LogP contribution in [0.2, 0.25) is 0 Å². The first-order valence-electron chi connectivity index (χ1n) is 4.57. The molecule has 13 heavy (non-hydrogen) atoms. The van der Waals surface area contributed by atoms with Crippen LogP contribution in [0.1, 0.15) is 25.7 Å². The molecule has 1 saturated heterocycles. The van der Waals surface area contributed by atoms with Crippen LogP contribution in [-0.4, -0.2) is 24.8 Å². The van der Waals surface area contributed by atoms with Crippen molar-refractivity contribution in [3.63, 3.8) is 0 Å². The fraction of sp³-hybridized carbons (Fsp3) is 1.00. The van der Waals surface area contributed by atoms with E-state index in [0.717, 1.165) is 6.42 Å². The highest BCUT2D eigenvalue weighted by molar-refractivity contribution is 4.84. The number of hydrogen-bond donors (Lipinski definition) is 2. The lowest BCUT2D eigenvalue weighted by Gasteiger charge is -2.32. The van der Waals surface area contributed by atoms with Crippen molar-refractivity contribution in [3.05, 3.63) is 0 Å². The highest BCUT2D eigenvalue weighted by Crippen LogP contribution is 2.28. The number of nitrogens with two attached hydrogens (primary N) is 1. The van der Waals surface area contributed by atoms with Crippen molar-refractivity contribution < 1.29 is 13.2 Å². The van der Waals surface area contributed by atoms with Gasteiger partial charge in [0.05, 0.1) is 0 Å². The Labute approximate surface area is 75.7 Å². The number of halogens is 3. The van der Waals surface area contributed by atoms with Gasteiger partial charge in [0, 0.05) is 6.04 Å². The lowest BCUT2D eigenvalue weighted by molar-refractivity contribution is -0.163. The van der Waals surface area contributed by atoms with Crippen LogP contribution in [0.4, 0.5) is 13.2 Å². The highest BCUT2D eigenvalue weighted by Gasteiger charge is 2.41. The Morgan fingerprint density at radius 2 is 2.00 bits per heavy atom. The van der Waals surface area contributed by atoms with Gasteiger partial charge in [-0.3, -0.25) is 0 Å². The van der Waals surface area contributed by atoms with Gasteiger partial charge in [-0.05, 0) is 25.8 Å². The molecule has 5 heteroatoms. The molecule has 0 amide bonds. The molecule has 0 aliphatic carbocycles. The van der Waals surface area contributed by atoms with Crippen LogP contribution in [0, 0.1) is 0 Å². The molecular weight excluding hydrogens is 181 g/mol. The summed E-state index contributed by atoms with van der Waals surface area (Å²) in [4.78, 5) is 0. The van der Waals surface area contributed by atoms with Gasteiger partial charge in [0.15, 0.2) is 0 Å². The molecular formula is C8H15F3N2. The summed E-state index contributed by atoms with van der Waals surface area (Å²) in [7, 11) is 0. The van der Waals surface area contributed by atoms with E-state index in [0.29, 0.717) is 19.4 Å². The van der Waals surface area contributed by atoms with E-state index >= 15 is 0 Å². The predicted molar refractivity (Wildman–Crippen MR) is 44.3 cm³/mol. The van der Waals surface area contributed by atoms with Gasteiger partial charge >= 0.3 is 6.18 Å². The molecule has 2 nitrogen and oxygen atoms in total. The predicted octanol–water partition coefficient (Wildman–Crippen LogP) is 1.41. The Hall–Kier alpha value is -0.290. The van der Waals surface area contributed by atoms with E-state index in [4.69, 9.17) is 5.73 Å². The molecule has 1 aliphatic heterocycles. The molecule has 0 spiro atoms. The molecule has 1 heterocycles. The maximum atomic E-state index is 12.3. The number of hydrogen-bond acceptors (Lipinski definition) is 2. The Morgan fingerprint density at radius 1 is 1.31 bits per heavy atom. The van der Waals surface area contributed by atoms with E-state index in [2.05, 4.69) is 5.32 Å². The molecule has 0 aromatic rings. The molecule has 1 rings (SSSR count). The normalized spacial score (nSPS) is 30.5. The first-order valence-corrected chi connectivity index (χ1v) is 4.57. The Morgan fingerprint density at radius 3 is 2.54 bits per heavy atom. The van der Waals surface area contributed by atoms with Gasteiger partial charge in [0.2, 0.25) is 0 Å². The third kappa shape index (κ3) is 3.15. The van der Waals surface area contributed by atoms with Gasteiger partial charge in [-0.1, -0.05) is 6.42 Å². The Bertz CT molecular complexity index is 156. The Balaban J connectivity index is 2.42. The topological polar surface area (TPSA) is 38.0 Å². The van der Waals surface area contributed by atoms with Crippen molar-refractivity contribution >= 4 is 0 Å². The monoisotopic (exact) mass is 196 g/mol. The smallest absolute Gasteiger partial charge is 0.330 e. The third-order valence-electron chi connectivity index (χ3n) is 2.39. The summed E-state index contributed by atoms with van der Waals surface area (Å²) in [5.41, 5.74) is 5.29. The second-order valence-corrected chi connectivity index (χ2v) is 3.47. The molecule has 0 bridgehead atoms. The van der Waals surface area contributed by atoms with Gasteiger partial charge in [0.1, 0.15) is 6.04 Å². The summed E-state index contributed by atoms with van der Waals surface area (Å²) >= 11 is 0. The van der Waals surface area contributed by atoms with E-state index in [1.54, 1.807) is 0 Å². The zero-order valence-corrected chi connectivity index (χ0v) is 7.40. The third-order valence-corrected chi connectivity index (χ3v) is 2.39. The lowest BCUT2D eigenvalue weighted by Crippen LogP contribution is -2.50. The number of piperidine rings is 1. The summed E-state index contributed by atoms with van der Waals surface area (Å²) in [5.74, 6) is 0. The first kappa shape index (κ1) is 10.8. The molecule has 0 aromatic heterocycles. The average molecular weight is 196 g/mol. The van der Waals surface area contributed by atoms with Gasteiger partial charge < -0.3 is 11.1 Å². The molecule has 2 atom stereocenters. The van der Waals surface area contributed by atoms with E-state index in [1.165, 1.54) is 0 Å². The largest absolute Gasteiger partial charge is 0.403 e. The first-order chi connectivity index (χ1) is 6.04. The van der Waals surface area contributed by atoms with Crippen LogP contribution in [0.25, 0.3) is 0 Å². The van der Waals surface area contributed by atoms with Gasteiger partial charge in [-0.15, -0.1) is 0 Å². The summed E-state index contributed by atoms with van der Waals surface area (Å²) in [6, 6.07) is -1.37. The summed E-state index contributed by atoms with van der Waals surface area (Å²) in [5, 5.41) is 2.59. The number of nitrogens with one attached hydrogen (secondary N) is 1. The summed E-state index contributed by atoms with van der Waals surface area (Å²) < 4.78 is 36.8. The summed E-state index contributed by atoms with van der Waals surface area (Å²) in [6.45, 7) is 0.447. The van der Waals surface area contributed by atoms with Crippen molar-refractivity contribution in [3.8, 4) is 0 Å². The second-order valence-electron chi connectivity index (χ2n) is 3.47. The van der Waals surface area contributed by atoms with Gasteiger partial charge in [-0.25, -0.2) is 0 Å². The molecule has 3 N–H and O–H groups in total.